The van der Waals surface area contributed by atoms with Gasteiger partial charge in [-0.3, -0.25) is 4.90 Å². The van der Waals surface area contributed by atoms with Crippen LogP contribution >= 0.6 is 0 Å². The second-order valence-corrected chi connectivity index (χ2v) is 10.6. The molecular formula is C12H24N4O4S2. The fraction of sp³-hybridized carbons (Fsp3) is 1.00. The number of nitrogens with two attached hydrogens (primary N) is 1. The summed E-state index contributed by atoms with van der Waals surface area (Å²) in [6.07, 6.45) is 3.84. The third kappa shape index (κ3) is 3.62. The number of likely N-dealkylation sites (tertiary alicyclic amines) is 2. The van der Waals surface area contributed by atoms with Crippen molar-refractivity contribution in [3.8, 4) is 0 Å². The van der Waals surface area contributed by atoms with Gasteiger partial charge < -0.3 is 4.90 Å². The quantitative estimate of drug-likeness (QED) is 0.566. The molecule has 2 saturated heterocycles. The summed E-state index contributed by atoms with van der Waals surface area (Å²) in [4.78, 5) is 3.94. The van der Waals surface area contributed by atoms with E-state index in [1.165, 1.54) is 19.3 Å². The van der Waals surface area contributed by atoms with Crippen molar-refractivity contribution < 1.29 is 16.8 Å². The Bertz CT molecular complexity index is 605. The van der Waals surface area contributed by atoms with Crippen molar-refractivity contribution in [2.75, 3.05) is 39.4 Å². The molecule has 0 atom stereocenters. The zero-order valence-electron chi connectivity index (χ0n) is 12.5. The average molecular weight is 352 g/mol. The molecule has 1 saturated carbocycles. The van der Waals surface area contributed by atoms with E-state index in [0.717, 1.165) is 12.5 Å². The summed E-state index contributed by atoms with van der Waals surface area (Å²) >= 11 is 0. The van der Waals surface area contributed by atoms with Crippen LogP contribution < -0.4 is 9.86 Å². The molecule has 0 spiro atoms. The van der Waals surface area contributed by atoms with Crippen LogP contribution in [-0.2, 0) is 20.0 Å². The first-order valence-corrected chi connectivity index (χ1v) is 10.8. The van der Waals surface area contributed by atoms with Crippen molar-refractivity contribution in [1.82, 2.24) is 14.5 Å². The highest BCUT2D eigenvalue weighted by atomic mass is 32.2. The lowest BCUT2D eigenvalue weighted by atomic mass is 9.84. The zero-order valence-corrected chi connectivity index (χ0v) is 14.2. The van der Waals surface area contributed by atoms with Gasteiger partial charge in [-0.25, -0.2) is 26.7 Å². The van der Waals surface area contributed by atoms with Crippen molar-refractivity contribution in [3.63, 3.8) is 0 Å². The predicted octanol–water partition coefficient (Wildman–Crippen LogP) is -1.68. The first kappa shape index (κ1) is 16.6. The van der Waals surface area contributed by atoms with Crippen LogP contribution in [0.15, 0.2) is 0 Å². The fourth-order valence-electron chi connectivity index (χ4n) is 3.07. The molecule has 0 bridgehead atoms. The topological polar surface area (TPSA) is 113 Å². The van der Waals surface area contributed by atoms with Gasteiger partial charge in [0.25, 0.3) is 0 Å². The van der Waals surface area contributed by atoms with E-state index < -0.39 is 25.3 Å². The zero-order chi connectivity index (χ0) is 16.0. The number of rotatable bonds is 7. The van der Waals surface area contributed by atoms with Crippen LogP contribution in [0.5, 0.6) is 0 Å². The van der Waals surface area contributed by atoms with E-state index in [-0.39, 0.29) is 11.9 Å². The monoisotopic (exact) mass is 352 g/mol. The summed E-state index contributed by atoms with van der Waals surface area (Å²) in [6.45, 7) is 2.97. The molecule has 10 heteroatoms. The third-order valence-corrected chi connectivity index (χ3v) is 7.92. The van der Waals surface area contributed by atoms with E-state index >= 15 is 0 Å². The SMILES string of the molecule is NS(=O)(=O)C1CN(CNS(=O)(=O)C2CN(CC3CCC3)C2)C1. The summed E-state index contributed by atoms with van der Waals surface area (Å²) in [6, 6.07) is 0. The molecule has 2 aliphatic heterocycles. The molecule has 8 nitrogen and oxygen atoms in total. The van der Waals surface area contributed by atoms with Gasteiger partial charge in [-0.05, 0) is 18.8 Å². The lowest BCUT2D eigenvalue weighted by Crippen LogP contribution is -2.62. The van der Waals surface area contributed by atoms with E-state index in [9.17, 15) is 16.8 Å². The van der Waals surface area contributed by atoms with Gasteiger partial charge in [-0.15, -0.1) is 0 Å². The van der Waals surface area contributed by atoms with Crippen LogP contribution in [0, 0.1) is 5.92 Å². The van der Waals surface area contributed by atoms with E-state index in [1.54, 1.807) is 4.90 Å². The van der Waals surface area contributed by atoms with E-state index in [1.807, 2.05) is 0 Å². The van der Waals surface area contributed by atoms with Crippen molar-refractivity contribution in [1.29, 1.82) is 0 Å². The minimum atomic E-state index is -3.50. The number of hydrogen-bond donors (Lipinski definition) is 2. The van der Waals surface area contributed by atoms with Crippen LogP contribution in [0.2, 0.25) is 0 Å². The highest BCUT2D eigenvalue weighted by Gasteiger charge is 2.40. The molecule has 0 aromatic carbocycles. The molecule has 0 amide bonds. The van der Waals surface area contributed by atoms with E-state index in [2.05, 4.69) is 9.62 Å². The van der Waals surface area contributed by atoms with Crippen molar-refractivity contribution >= 4 is 20.0 Å². The number of nitrogens with one attached hydrogen (secondary N) is 1. The minimum absolute atomic E-state index is 0.160. The molecule has 128 valence electrons. The van der Waals surface area contributed by atoms with Gasteiger partial charge in [0.2, 0.25) is 20.0 Å². The van der Waals surface area contributed by atoms with Gasteiger partial charge in [-0.1, -0.05) is 6.42 Å². The molecular weight excluding hydrogens is 328 g/mol. The van der Waals surface area contributed by atoms with Gasteiger partial charge in [0, 0.05) is 32.7 Å². The van der Waals surface area contributed by atoms with Gasteiger partial charge in [0.15, 0.2) is 0 Å². The predicted molar refractivity (Wildman–Crippen MR) is 83.0 cm³/mol. The maximum absolute atomic E-state index is 12.1. The molecule has 0 aromatic heterocycles. The molecule has 2 heterocycles. The van der Waals surface area contributed by atoms with Crippen LogP contribution in [0.1, 0.15) is 19.3 Å². The molecule has 0 aromatic rings. The molecule has 3 rings (SSSR count). The second-order valence-electron chi connectivity index (χ2n) is 6.73. The Kier molecular flexibility index (Phi) is 4.52. The Morgan fingerprint density at radius 3 is 2.05 bits per heavy atom. The standard InChI is InChI=1S/C12H24N4O4S2/c13-21(17,18)11-5-16(6-11)9-14-22(19,20)12-7-15(8-12)4-10-2-1-3-10/h10-12,14H,1-9H2,(H2,13,17,18). The Balaban J connectivity index is 1.36. The van der Waals surface area contributed by atoms with Crippen LogP contribution in [0.25, 0.3) is 0 Å². The highest BCUT2D eigenvalue weighted by molar-refractivity contribution is 7.90. The molecule has 1 aliphatic carbocycles. The van der Waals surface area contributed by atoms with Crippen molar-refractivity contribution in [2.24, 2.45) is 11.1 Å². The molecule has 0 unspecified atom stereocenters. The summed E-state index contributed by atoms with van der Waals surface area (Å²) in [7, 11) is -6.82. The van der Waals surface area contributed by atoms with E-state index in [4.69, 9.17) is 5.14 Å². The molecule has 0 radical (unpaired) electrons. The Labute approximate surface area is 132 Å². The largest absolute Gasteiger partial charge is 0.300 e. The first-order valence-electron chi connectivity index (χ1n) is 7.69. The van der Waals surface area contributed by atoms with Crippen LogP contribution in [-0.4, -0.2) is 76.5 Å². The van der Waals surface area contributed by atoms with Crippen molar-refractivity contribution in [2.45, 2.75) is 29.8 Å². The average Bonchev–Trinajstić information content (AvgIpc) is 2.19. The number of sulfonamides is 2. The normalized spacial score (nSPS) is 26.4. The highest BCUT2D eigenvalue weighted by Crippen LogP contribution is 2.29. The lowest BCUT2D eigenvalue weighted by molar-refractivity contribution is 0.122. The summed E-state index contributed by atoms with van der Waals surface area (Å²) < 4.78 is 49.0. The third-order valence-electron chi connectivity index (χ3n) is 4.98. The molecule has 3 fully saturated rings. The minimum Gasteiger partial charge on any atom is -0.300 e. The Morgan fingerprint density at radius 1 is 0.955 bits per heavy atom. The Morgan fingerprint density at radius 2 is 1.55 bits per heavy atom. The van der Waals surface area contributed by atoms with Gasteiger partial charge in [0.05, 0.1) is 6.67 Å². The molecule has 3 N–H and O–H groups in total. The van der Waals surface area contributed by atoms with Gasteiger partial charge >= 0.3 is 0 Å². The first-order chi connectivity index (χ1) is 10.2. The summed E-state index contributed by atoms with van der Waals surface area (Å²) in [5.74, 6) is 0.757. The van der Waals surface area contributed by atoms with E-state index in [0.29, 0.717) is 26.2 Å². The smallest absolute Gasteiger partial charge is 0.218 e. The van der Waals surface area contributed by atoms with Gasteiger partial charge in [0.1, 0.15) is 10.5 Å². The summed E-state index contributed by atoms with van der Waals surface area (Å²) in [5.41, 5.74) is 0. The number of nitrogens with zero attached hydrogens (tertiary/aromatic N) is 2. The van der Waals surface area contributed by atoms with Crippen LogP contribution in [0.4, 0.5) is 0 Å². The molecule has 3 aliphatic rings. The van der Waals surface area contributed by atoms with Crippen LogP contribution in [0.3, 0.4) is 0 Å². The fourth-order valence-corrected chi connectivity index (χ4v) is 5.32. The molecule has 22 heavy (non-hydrogen) atoms. The maximum Gasteiger partial charge on any atom is 0.218 e. The second kappa shape index (κ2) is 5.99. The Hall–Kier alpha value is -0.260. The summed E-state index contributed by atoms with van der Waals surface area (Å²) in [5, 5.41) is 4.12. The van der Waals surface area contributed by atoms with Crippen molar-refractivity contribution in [3.05, 3.63) is 0 Å². The maximum atomic E-state index is 12.1. The number of primary sulfonamides is 1. The lowest BCUT2D eigenvalue weighted by Gasteiger charge is -2.43. The van der Waals surface area contributed by atoms with Gasteiger partial charge in [-0.2, -0.15) is 0 Å². The number of hydrogen-bond acceptors (Lipinski definition) is 6.